The van der Waals surface area contributed by atoms with Crippen LogP contribution in [0.4, 0.5) is 5.82 Å². The summed E-state index contributed by atoms with van der Waals surface area (Å²) < 4.78 is 1.61. The molecule has 1 aromatic carbocycles. The molecule has 0 unspecified atom stereocenters. The van der Waals surface area contributed by atoms with E-state index in [4.69, 9.17) is 0 Å². The van der Waals surface area contributed by atoms with Crippen molar-refractivity contribution in [2.75, 3.05) is 14.1 Å². The zero-order valence-corrected chi connectivity index (χ0v) is 10.9. The van der Waals surface area contributed by atoms with E-state index in [1.54, 1.807) is 15.9 Å². The number of hydrogen-bond acceptors (Lipinski definition) is 4. The Morgan fingerprint density at radius 3 is 2.68 bits per heavy atom. The van der Waals surface area contributed by atoms with E-state index < -0.39 is 0 Å². The third-order valence-corrected chi connectivity index (χ3v) is 2.43. The predicted molar refractivity (Wildman–Crippen MR) is 72.8 cm³/mol. The first-order valence-corrected chi connectivity index (χ1v) is 5.84. The van der Waals surface area contributed by atoms with Gasteiger partial charge in [-0.2, -0.15) is 0 Å². The molecule has 0 spiro atoms. The molecule has 0 fully saturated rings. The fourth-order valence-corrected chi connectivity index (χ4v) is 1.56. The zero-order valence-electron chi connectivity index (χ0n) is 10.9. The number of aliphatic imine (C=N–C) groups is 1. The van der Waals surface area contributed by atoms with Gasteiger partial charge in [-0.05, 0) is 5.56 Å². The third kappa shape index (κ3) is 3.25. The van der Waals surface area contributed by atoms with Crippen molar-refractivity contribution in [1.29, 1.82) is 0 Å². The van der Waals surface area contributed by atoms with Gasteiger partial charge in [-0.1, -0.05) is 35.5 Å². The Hall–Kier alpha value is -2.50. The molecule has 0 atom stereocenters. The summed E-state index contributed by atoms with van der Waals surface area (Å²) in [4.78, 5) is 17.0. The first-order valence-electron chi connectivity index (χ1n) is 5.84. The SMILES string of the molecule is CN(C)/C=N/c1c(C=O)nnn1Cc1ccccc1. The third-order valence-electron chi connectivity index (χ3n) is 2.43. The van der Waals surface area contributed by atoms with Crippen LogP contribution in [0.2, 0.25) is 0 Å². The van der Waals surface area contributed by atoms with Crippen molar-refractivity contribution in [3.8, 4) is 0 Å². The van der Waals surface area contributed by atoms with Crippen molar-refractivity contribution in [3.05, 3.63) is 41.6 Å². The summed E-state index contributed by atoms with van der Waals surface area (Å²) >= 11 is 0. The molecule has 0 N–H and O–H groups in total. The van der Waals surface area contributed by atoms with Crippen LogP contribution in [0.5, 0.6) is 0 Å². The number of hydrogen-bond donors (Lipinski definition) is 0. The van der Waals surface area contributed by atoms with E-state index in [-0.39, 0.29) is 5.69 Å². The van der Waals surface area contributed by atoms with Crippen molar-refractivity contribution < 1.29 is 4.79 Å². The van der Waals surface area contributed by atoms with Gasteiger partial charge >= 0.3 is 0 Å². The van der Waals surface area contributed by atoms with Crippen LogP contribution in [-0.2, 0) is 6.54 Å². The fraction of sp³-hybridized carbons (Fsp3) is 0.231. The van der Waals surface area contributed by atoms with Gasteiger partial charge in [0.1, 0.15) is 0 Å². The van der Waals surface area contributed by atoms with Crippen LogP contribution < -0.4 is 0 Å². The van der Waals surface area contributed by atoms with Crippen LogP contribution in [0.3, 0.4) is 0 Å². The molecular weight excluding hydrogens is 242 g/mol. The summed E-state index contributed by atoms with van der Waals surface area (Å²) in [5.41, 5.74) is 1.32. The van der Waals surface area contributed by atoms with E-state index in [1.807, 2.05) is 44.4 Å². The number of nitrogens with zero attached hydrogens (tertiary/aromatic N) is 5. The normalized spacial score (nSPS) is 10.8. The molecule has 0 radical (unpaired) electrons. The predicted octanol–water partition coefficient (Wildman–Crippen LogP) is 1.36. The minimum absolute atomic E-state index is 0.244. The van der Waals surface area contributed by atoms with Crippen molar-refractivity contribution in [3.63, 3.8) is 0 Å². The maximum Gasteiger partial charge on any atom is 0.183 e. The molecule has 2 rings (SSSR count). The summed E-state index contributed by atoms with van der Waals surface area (Å²) in [6, 6.07) is 9.83. The first kappa shape index (κ1) is 12.9. The molecule has 0 bridgehead atoms. The van der Waals surface area contributed by atoms with Crippen LogP contribution in [0, 0.1) is 0 Å². The molecule has 0 aliphatic heterocycles. The molecule has 6 nitrogen and oxygen atoms in total. The number of carbonyl (C=O) groups excluding carboxylic acids is 1. The monoisotopic (exact) mass is 257 g/mol. The lowest BCUT2D eigenvalue weighted by Gasteiger charge is -2.05. The Morgan fingerprint density at radius 1 is 1.32 bits per heavy atom. The largest absolute Gasteiger partial charge is 0.369 e. The molecule has 6 heteroatoms. The standard InChI is InChI=1S/C13H15N5O/c1-17(2)10-14-13-12(9-19)15-16-18(13)8-11-6-4-3-5-7-11/h3-7,9-10H,8H2,1-2H3/b14-10+. The first-order chi connectivity index (χ1) is 9.20. The highest BCUT2D eigenvalue weighted by Crippen LogP contribution is 2.16. The second-order valence-electron chi connectivity index (χ2n) is 4.27. The lowest BCUT2D eigenvalue weighted by atomic mass is 10.2. The Labute approximate surface area is 111 Å². The molecule has 98 valence electrons. The summed E-state index contributed by atoms with van der Waals surface area (Å²) in [7, 11) is 3.71. The Kier molecular flexibility index (Phi) is 4.02. The van der Waals surface area contributed by atoms with Gasteiger partial charge in [0.2, 0.25) is 0 Å². The summed E-state index contributed by atoms with van der Waals surface area (Å²) in [5, 5.41) is 7.78. The van der Waals surface area contributed by atoms with Crippen molar-refractivity contribution in [2.45, 2.75) is 6.54 Å². The van der Waals surface area contributed by atoms with Gasteiger partial charge in [0.25, 0.3) is 0 Å². The molecule has 19 heavy (non-hydrogen) atoms. The summed E-state index contributed by atoms with van der Waals surface area (Å²) in [6.07, 6.45) is 2.28. The van der Waals surface area contributed by atoms with E-state index >= 15 is 0 Å². The van der Waals surface area contributed by atoms with Crippen LogP contribution in [0.15, 0.2) is 35.3 Å². The van der Waals surface area contributed by atoms with Crippen molar-refractivity contribution in [2.24, 2.45) is 4.99 Å². The Morgan fingerprint density at radius 2 is 2.05 bits per heavy atom. The fourth-order valence-electron chi connectivity index (χ4n) is 1.56. The second kappa shape index (κ2) is 5.90. The Bertz CT molecular complexity index is 574. The molecule has 2 aromatic rings. The second-order valence-corrected chi connectivity index (χ2v) is 4.27. The average Bonchev–Trinajstić information content (AvgIpc) is 2.79. The van der Waals surface area contributed by atoms with Gasteiger partial charge < -0.3 is 4.90 Å². The lowest BCUT2D eigenvalue weighted by Crippen LogP contribution is -2.08. The smallest absolute Gasteiger partial charge is 0.183 e. The molecule has 0 saturated heterocycles. The van der Waals surface area contributed by atoms with Gasteiger partial charge in [0.05, 0.1) is 12.9 Å². The number of rotatable bonds is 5. The number of aromatic nitrogens is 3. The lowest BCUT2D eigenvalue weighted by molar-refractivity contribution is 0.111. The highest BCUT2D eigenvalue weighted by atomic mass is 16.1. The molecule has 0 aliphatic carbocycles. The van der Waals surface area contributed by atoms with E-state index in [0.717, 1.165) is 5.56 Å². The summed E-state index contributed by atoms with van der Waals surface area (Å²) in [6.45, 7) is 0.530. The van der Waals surface area contributed by atoms with Gasteiger partial charge in [0, 0.05) is 14.1 Å². The molecule has 0 amide bonds. The van der Waals surface area contributed by atoms with E-state index in [0.29, 0.717) is 18.6 Å². The summed E-state index contributed by atoms with van der Waals surface area (Å²) in [5.74, 6) is 0.465. The van der Waals surface area contributed by atoms with E-state index in [2.05, 4.69) is 15.3 Å². The van der Waals surface area contributed by atoms with E-state index in [9.17, 15) is 4.79 Å². The Balaban J connectivity index is 2.30. The van der Waals surface area contributed by atoms with Gasteiger partial charge in [-0.15, -0.1) is 5.10 Å². The molecule has 0 aliphatic rings. The van der Waals surface area contributed by atoms with Crippen molar-refractivity contribution >= 4 is 18.4 Å². The van der Waals surface area contributed by atoms with Crippen LogP contribution in [0.25, 0.3) is 0 Å². The maximum absolute atomic E-state index is 10.9. The highest BCUT2D eigenvalue weighted by Gasteiger charge is 2.11. The average molecular weight is 257 g/mol. The zero-order chi connectivity index (χ0) is 13.7. The number of benzene rings is 1. The highest BCUT2D eigenvalue weighted by molar-refractivity contribution is 5.79. The van der Waals surface area contributed by atoms with Crippen LogP contribution >= 0.6 is 0 Å². The molecule has 0 saturated carbocycles. The topological polar surface area (TPSA) is 63.4 Å². The maximum atomic E-state index is 10.9. The van der Waals surface area contributed by atoms with Crippen molar-refractivity contribution in [1.82, 2.24) is 19.9 Å². The molecule has 1 aromatic heterocycles. The van der Waals surface area contributed by atoms with E-state index in [1.165, 1.54) is 0 Å². The molecule has 1 heterocycles. The van der Waals surface area contributed by atoms with Gasteiger partial charge in [-0.25, -0.2) is 9.67 Å². The minimum Gasteiger partial charge on any atom is -0.369 e. The molecular formula is C13H15N5O. The van der Waals surface area contributed by atoms with Gasteiger partial charge in [-0.3, -0.25) is 4.79 Å². The van der Waals surface area contributed by atoms with Gasteiger partial charge in [0.15, 0.2) is 17.8 Å². The van der Waals surface area contributed by atoms with Crippen LogP contribution in [0.1, 0.15) is 16.1 Å². The van der Waals surface area contributed by atoms with Crippen LogP contribution in [-0.4, -0.2) is 46.6 Å². The quantitative estimate of drug-likeness (QED) is 0.461. The minimum atomic E-state index is 0.244. The number of carbonyl (C=O) groups is 1. The number of aldehydes is 1.